The van der Waals surface area contributed by atoms with Crippen LogP contribution in [0.2, 0.25) is 0 Å². The second kappa shape index (κ2) is 6.56. The van der Waals surface area contributed by atoms with E-state index in [2.05, 4.69) is 20.0 Å². The second-order valence-corrected chi connectivity index (χ2v) is 6.74. The number of hydrogen-bond acceptors (Lipinski definition) is 6. The molecule has 0 aliphatic carbocycles. The molecule has 0 radical (unpaired) electrons. The lowest BCUT2D eigenvalue weighted by Gasteiger charge is -1.97. The first-order valence-electron chi connectivity index (χ1n) is 8.93. The van der Waals surface area contributed by atoms with Gasteiger partial charge in [0, 0.05) is 0 Å². The number of rotatable bonds is 2. The summed E-state index contributed by atoms with van der Waals surface area (Å²) in [4.78, 5) is 40.9. The van der Waals surface area contributed by atoms with Crippen molar-refractivity contribution in [3.8, 4) is 0 Å². The Morgan fingerprint density at radius 3 is 1.37 bits per heavy atom. The van der Waals surface area contributed by atoms with Gasteiger partial charge in [0.25, 0.3) is 0 Å². The molecule has 2 N–H and O–H groups in total. The first-order chi connectivity index (χ1) is 14.4. The molecular weight excluding hydrogens is 384 g/mol. The Balaban J connectivity index is 1.68. The quantitative estimate of drug-likeness (QED) is 0.744. The van der Waals surface area contributed by atoms with Crippen molar-refractivity contribution in [2.75, 3.05) is 0 Å². The zero-order chi connectivity index (χ0) is 20.8. The summed E-state index contributed by atoms with van der Waals surface area (Å²) in [5, 5.41) is 19.0. The van der Waals surface area contributed by atoms with Gasteiger partial charge in [0.1, 0.15) is 0 Å². The summed E-state index contributed by atoms with van der Waals surface area (Å²) in [7, 11) is 0. The minimum absolute atomic E-state index is 0.0745. The smallest absolute Gasteiger partial charge is 0.337 e. The number of carboxylic acids is 2. The van der Waals surface area contributed by atoms with E-state index in [1.165, 1.54) is 12.2 Å². The van der Waals surface area contributed by atoms with E-state index in [1.807, 2.05) is 0 Å². The van der Waals surface area contributed by atoms with Gasteiger partial charge in [-0.05, 0) is 60.8 Å². The van der Waals surface area contributed by atoms with E-state index in [0.717, 1.165) is 0 Å². The highest BCUT2D eigenvalue weighted by molar-refractivity contribution is 6.28. The van der Waals surface area contributed by atoms with Crippen LogP contribution in [-0.4, -0.2) is 45.0 Å². The Hall–Kier alpha value is -4.46. The molecule has 0 spiro atoms. The fraction of sp³-hybridized carbons (Fsp3) is 0. The minimum Gasteiger partial charge on any atom is -0.478 e. The Kier molecular flexibility index (Phi) is 3.85. The second-order valence-electron chi connectivity index (χ2n) is 6.74. The molecule has 30 heavy (non-hydrogen) atoms. The summed E-state index contributed by atoms with van der Waals surface area (Å²) in [6.07, 6.45) is 16.4. The maximum atomic E-state index is 11.6. The molecule has 0 aromatic rings. The van der Waals surface area contributed by atoms with Gasteiger partial charge in [-0.3, -0.25) is 0 Å². The molecule has 0 amide bonds. The summed E-state index contributed by atoms with van der Waals surface area (Å²) in [5.41, 5.74) is 3.85. The molecule has 0 unspecified atom stereocenters. The lowest BCUT2D eigenvalue weighted by Crippen LogP contribution is -2.07. The number of aliphatic imine (C=N–C) groups is 4. The number of nitrogens with zero attached hydrogens (tertiary/aromatic N) is 4. The summed E-state index contributed by atoms with van der Waals surface area (Å²) in [5.74, 6) is -2.16. The third-order valence-corrected chi connectivity index (χ3v) is 4.62. The molecule has 0 saturated carbocycles. The molecule has 0 fully saturated rings. The Morgan fingerprint density at radius 1 is 0.533 bits per heavy atom. The van der Waals surface area contributed by atoms with Crippen LogP contribution in [0, 0.1) is 0 Å². The fourth-order valence-corrected chi connectivity index (χ4v) is 3.31. The van der Waals surface area contributed by atoms with Crippen molar-refractivity contribution in [1.82, 2.24) is 0 Å². The third-order valence-electron chi connectivity index (χ3n) is 4.62. The van der Waals surface area contributed by atoms with Crippen LogP contribution in [0.4, 0.5) is 0 Å². The molecule has 0 saturated heterocycles. The van der Waals surface area contributed by atoms with Crippen LogP contribution < -0.4 is 0 Å². The minimum atomic E-state index is -1.08. The highest BCUT2D eigenvalue weighted by Gasteiger charge is 2.23. The number of hydrogen-bond donors (Lipinski definition) is 2. The van der Waals surface area contributed by atoms with Gasteiger partial charge in [0.15, 0.2) is 0 Å². The molecule has 0 atom stereocenters. The van der Waals surface area contributed by atoms with Crippen molar-refractivity contribution in [1.29, 1.82) is 0 Å². The normalized spacial score (nSPS) is 20.9. The molecule has 5 aliphatic heterocycles. The fourth-order valence-electron chi connectivity index (χ4n) is 3.31. The van der Waals surface area contributed by atoms with E-state index in [9.17, 15) is 19.8 Å². The monoisotopic (exact) mass is 396 g/mol. The first-order valence-corrected chi connectivity index (χ1v) is 8.93. The molecule has 8 bridgehead atoms. The largest absolute Gasteiger partial charge is 0.478 e. The van der Waals surface area contributed by atoms with Gasteiger partial charge >= 0.3 is 11.9 Å². The van der Waals surface area contributed by atoms with Gasteiger partial charge < -0.3 is 10.2 Å². The van der Waals surface area contributed by atoms with Gasteiger partial charge in [-0.2, -0.15) is 0 Å². The van der Waals surface area contributed by atoms with E-state index in [4.69, 9.17) is 0 Å². The van der Waals surface area contributed by atoms with Crippen LogP contribution in [-0.2, 0) is 9.59 Å². The van der Waals surface area contributed by atoms with Crippen molar-refractivity contribution in [3.63, 3.8) is 0 Å². The average molecular weight is 396 g/mol. The third kappa shape index (κ3) is 3.16. The molecule has 5 rings (SSSR count). The number of carboxylic acid groups (broad SMARTS) is 2. The van der Waals surface area contributed by atoms with Crippen LogP contribution in [0.25, 0.3) is 0 Å². The Morgan fingerprint density at radius 2 is 0.967 bits per heavy atom. The molecule has 0 aromatic carbocycles. The topological polar surface area (TPSA) is 124 Å². The van der Waals surface area contributed by atoms with Crippen LogP contribution >= 0.6 is 0 Å². The van der Waals surface area contributed by atoms with Crippen LogP contribution in [0.5, 0.6) is 0 Å². The van der Waals surface area contributed by atoms with Gasteiger partial charge in [-0.1, -0.05) is 0 Å². The number of aliphatic carboxylic acids is 2. The van der Waals surface area contributed by atoms with E-state index < -0.39 is 11.9 Å². The van der Waals surface area contributed by atoms with Crippen molar-refractivity contribution >= 4 is 34.8 Å². The zero-order valence-corrected chi connectivity index (χ0v) is 15.3. The van der Waals surface area contributed by atoms with Gasteiger partial charge in [0.2, 0.25) is 0 Å². The lowest BCUT2D eigenvalue weighted by molar-refractivity contribution is -0.133. The molecule has 0 aromatic heterocycles. The SMILES string of the molecule is O=C(O)C1=CC2=CC3=NC(=CC4=NC(=CC5=NC(=CC1=N2)C=C5)C=C4C(=O)O)C=C3. The highest BCUT2D eigenvalue weighted by Crippen LogP contribution is 2.25. The first kappa shape index (κ1) is 17.6. The van der Waals surface area contributed by atoms with E-state index in [1.54, 1.807) is 48.6 Å². The Labute approximate surface area is 169 Å². The molecule has 144 valence electrons. The molecule has 5 aliphatic rings. The molecule has 8 nitrogen and oxygen atoms in total. The van der Waals surface area contributed by atoms with Gasteiger partial charge in [-0.25, -0.2) is 29.6 Å². The number of allylic oxidation sites excluding steroid dienone is 10. The van der Waals surface area contributed by atoms with E-state index in [-0.39, 0.29) is 11.1 Å². The predicted octanol–water partition coefficient (Wildman–Crippen LogP) is 2.49. The van der Waals surface area contributed by atoms with Crippen LogP contribution in [0.1, 0.15) is 0 Å². The Bertz CT molecular complexity index is 1220. The molecule has 5 heterocycles. The van der Waals surface area contributed by atoms with E-state index in [0.29, 0.717) is 45.6 Å². The van der Waals surface area contributed by atoms with Crippen molar-refractivity contribution < 1.29 is 19.8 Å². The highest BCUT2D eigenvalue weighted by atomic mass is 16.4. The summed E-state index contributed by atoms with van der Waals surface area (Å²) < 4.78 is 0. The summed E-state index contributed by atoms with van der Waals surface area (Å²) in [6.45, 7) is 0. The van der Waals surface area contributed by atoms with Crippen molar-refractivity contribution in [2.24, 2.45) is 20.0 Å². The van der Waals surface area contributed by atoms with Gasteiger partial charge in [0.05, 0.1) is 56.8 Å². The maximum Gasteiger partial charge on any atom is 0.337 e. The van der Waals surface area contributed by atoms with Crippen molar-refractivity contribution in [2.45, 2.75) is 0 Å². The molecule has 8 heteroatoms. The summed E-state index contributed by atoms with van der Waals surface area (Å²) >= 11 is 0. The van der Waals surface area contributed by atoms with Gasteiger partial charge in [-0.15, -0.1) is 0 Å². The van der Waals surface area contributed by atoms with E-state index >= 15 is 0 Å². The maximum absolute atomic E-state index is 11.6. The number of fused-ring (bicyclic) bond motifs is 4. The van der Waals surface area contributed by atoms with Crippen LogP contribution in [0.15, 0.2) is 115 Å². The lowest BCUT2D eigenvalue weighted by atomic mass is 10.1. The predicted molar refractivity (Wildman–Crippen MR) is 112 cm³/mol. The standard InChI is InChI=1S/C22H12N4O4/c27-21(28)17-7-15-5-11-1-3-13(23-11)9-19-18(22(29)30)8-16(26-19)6-12-2-4-14(24-12)10-20(17)25-15/h1-10H,(H,27,28)(H,29,30). The molecular formula is C22H12N4O4. The van der Waals surface area contributed by atoms with Crippen molar-refractivity contribution in [3.05, 3.63) is 94.7 Å². The average Bonchev–Trinajstić information content (AvgIpc) is 3.44. The van der Waals surface area contributed by atoms with Crippen LogP contribution in [0.3, 0.4) is 0 Å². The zero-order valence-electron chi connectivity index (χ0n) is 15.3. The summed E-state index contributed by atoms with van der Waals surface area (Å²) in [6, 6.07) is 0. The number of carbonyl (C=O) groups is 2.